The van der Waals surface area contributed by atoms with Crippen molar-refractivity contribution in [2.45, 2.75) is 29.9 Å². The molecule has 1 fully saturated rings. The fourth-order valence-corrected chi connectivity index (χ4v) is 3.99. The summed E-state index contributed by atoms with van der Waals surface area (Å²) in [6.45, 7) is 6.02. The molecule has 6 nitrogen and oxygen atoms in total. The lowest BCUT2D eigenvalue weighted by atomic mass is 10.2. The number of hydrogen-bond donors (Lipinski definition) is 1. The summed E-state index contributed by atoms with van der Waals surface area (Å²) in [6.07, 6.45) is -0.621. The Bertz CT molecular complexity index is 769. The molecule has 0 aromatic heterocycles. The minimum absolute atomic E-state index is 0.420. The molecular weight excluding hydrogens is 338 g/mol. The number of hydrogen-bond acceptors (Lipinski definition) is 6. The predicted molar refractivity (Wildman–Crippen MR) is 98.6 cm³/mol. The van der Waals surface area contributed by atoms with Crippen molar-refractivity contribution in [2.24, 2.45) is 0 Å². The highest BCUT2D eigenvalue weighted by Gasteiger charge is 2.27. The van der Waals surface area contributed by atoms with Gasteiger partial charge in [-0.15, -0.1) is 10.1 Å². The Kier molecular flexibility index (Phi) is 5.45. The van der Waals surface area contributed by atoms with Crippen LogP contribution in [0.25, 0.3) is 0 Å². The summed E-state index contributed by atoms with van der Waals surface area (Å²) < 4.78 is 0. The number of para-hydroxylation sites is 1. The van der Waals surface area contributed by atoms with Crippen LogP contribution >= 0.6 is 11.8 Å². The molecule has 2 aromatic carbocycles. The van der Waals surface area contributed by atoms with Crippen LogP contribution in [0.1, 0.15) is 11.1 Å². The number of piperazine rings is 1. The maximum absolute atomic E-state index is 10.8. The monoisotopic (exact) mass is 359 g/mol. The Balaban J connectivity index is 1.90. The highest BCUT2D eigenvalue weighted by atomic mass is 32.2. The van der Waals surface area contributed by atoms with Gasteiger partial charge in [-0.05, 0) is 37.6 Å². The molecule has 0 bridgehead atoms. The lowest BCUT2D eigenvalue weighted by Crippen LogP contribution is -2.53. The van der Waals surface area contributed by atoms with E-state index in [1.165, 1.54) is 16.0 Å². The van der Waals surface area contributed by atoms with E-state index in [0.29, 0.717) is 13.1 Å². The van der Waals surface area contributed by atoms with Crippen LogP contribution in [0.4, 0.5) is 5.69 Å². The Morgan fingerprint density at radius 3 is 2.80 bits per heavy atom. The van der Waals surface area contributed by atoms with Gasteiger partial charge >= 0.3 is 0 Å². The average Bonchev–Trinajstić information content (AvgIpc) is 2.58. The van der Waals surface area contributed by atoms with E-state index in [1.54, 1.807) is 11.8 Å². The van der Waals surface area contributed by atoms with E-state index >= 15 is 0 Å². The van der Waals surface area contributed by atoms with Crippen molar-refractivity contribution in [2.75, 3.05) is 24.5 Å². The topological polar surface area (TPSA) is 67.6 Å². The highest BCUT2D eigenvalue weighted by molar-refractivity contribution is 7.99. The van der Waals surface area contributed by atoms with Gasteiger partial charge in [0.25, 0.3) is 5.09 Å². The molecule has 0 amide bonds. The quantitative estimate of drug-likeness (QED) is 0.652. The van der Waals surface area contributed by atoms with Crippen LogP contribution < -0.4 is 10.2 Å². The Labute approximate surface area is 151 Å². The normalized spacial score (nSPS) is 17.4. The fourth-order valence-electron chi connectivity index (χ4n) is 2.96. The fraction of sp³-hybridized carbons (Fsp3) is 0.333. The number of nitrogens with zero attached hydrogens (tertiary/aromatic N) is 2. The van der Waals surface area contributed by atoms with Gasteiger partial charge in [-0.3, -0.25) is 4.84 Å². The van der Waals surface area contributed by atoms with E-state index < -0.39 is 11.3 Å². The van der Waals surface area contributed by atoms with Crippen LogP contribution in [-0.4, -0.2) is 30.9 Å². The first kappa shape index (κ1) is 17.6. The molecule has 0 saturated carbocycles. The molecule has 25 heavy (non-hydrogen) atoms. The van der Waals surface area contributed by atoms with Crippen LogP contribution in [0.15, 0.2) is 52.3 Å². The maximum atomic E-state index is 10.8. The Hall–Kier alpha value is -2.25. The summed E-state index contributed by atoms with van der Waals surface area (Å²) in [6, 6.07) is 14.4. The van der Waals surface area contributed by atoms with Crippen LogP contribution in [0.3, 0.4) is 0 Å². The van der Waals surface area contributed by atoms with E-state index in [4.69, 9.17) is 4.84 Å². The lowest BCUT2D eigenvalue weighted by molar-refractivity contribution is -0.768. The largest absolute Gasteiger partial charge is 0.343 e. The zero-order chi connectivity index (χ0) is 17.8. The van der Waals surface area contributed by atoms with E-state index in [2.05, 4.69) is 37.4 Å². The van der Waals surface area contributed by atoms with Gasteiger partial charge in [0, 0.05) is 29.4 Å². The van der Waals surface area contributed by atoms with Crippen molar-refractivity contribution < 1.29 is 9.92 Å². The molecule has 0 radical (unpaired) electrons. The molecule has 0 aliphatic carbocycles. The van der Waals surface area contributed by atoms with Gasteiger partial charge in [-0.2, -0.15) is 0 Å². The summed E-state index contributed by atoms with van der Waals surface area (Å²) in [7, 11) is 0. The third-order valence-corrected chi connectivity index (χ3v) is 5.37. The van der Waals surface area contributed by atoms with Crippen LogP contribution in [0.5, 0.6) is 0 Å². The van der Waals surface area contributed by atoms with E-state index in [9.17, 15) is 10.1 Å². The zero-order valence-corrected chi connectivity index (χ0v) is 15.1. The second-order valence-electron chi connectivity index (χ2n) is 6.02. The number of rotatable bonds is 5. The first-order chi connectivity index (χ1) is 12.0. The molecule has 0 spiro atoms. The third kappa shape index (κ3) is 4.24. The van der Waals surface area contributed by atoms with Crippen LogP contribution in [-0.2, 0) is 4.84 Å². The molecule has 1 N–H and O–H groups in total. The first-order valence-electron chi connectivity index (χ1n) is 8.17. The highest BCUT2D eigenvalue weighted by Crippen LogP contribution is 2.38. The standard InChI is InChI=1S/C18H21N3O3S/c1-13-7-8-16(14(2)11-13)25-17-6-4-3-5-15(17)20-10-9-19-12-18(20)24-21(22)23/h3-8,11,18-19H,9-10,12H2,1-2H3. The van der Waals surface area contributed by atoms with Gasteiger partial charge in [-0.1, -0.05) is 41.6 Å². The van der Waals surface area contributed by atoms with Gasteiger partial charge in [0.15, 0.2) is 6.23 Å². The maximum Gasteiger partial charge on any atom is 0.296 e. The smallest absolute Gasteiger partial charge is 0.296 e. The van der Waals surface area contributed by atoms with Gasteiger partial charge < -0.3 is 10.2 Å². The Morgan fingerprint density at radius 2 is 2.04 bits per heavy atom. The minimum atomic E-state index is -0.718. The molecule has 1 heterocycles. The molecule has 1 unspecified atom stereocenters. The molecule has 1 aliphatic heterocycles. The third-order valence-electron chi connectivity index (χ3n) is 4.13. The summed E-state index contributed by atoms with van der Waals surface area (Å²) >= 11 is 1.68. The molecule has 2 aromatic rings. The minimum Gasteiger partial charge on any atom is -0.343 e. The van der Waals surface area contributed by atoms with Crippen molar-refractivity contribution in [3.05, 3.63) is 63.7 Å². The Morgan fingerprint density at radius 1 is 1.24 bits per heavy atom. The van der Waals surface area contributed by atoms with Gasteiger partial charge in [0.2, 0.25) is 0 Å². The molecule has 1 saturated heterocycles. The SMILES string of the molecule is Cc1ccc(Sc2ccccc2N2CCNCC2O[N+](=O)[O-])c(C)c1. The van der Waals surface area contributed by atoms with Gasteiger partial charge in [0.05, 0.1) is 5.69 Å². The van der Waals surface area contributed by atoms with Gasteiger partial charge in [-0.25, -0.2) is 0 Å². The van der Waals surface area contributed by atoms with Crippen molar-refractivity contribution >= 4 is 17.4 Å². The van der Waals surface area contributed by atoms with Crippen molar-refractivity contribution in [1.82, 2.24) is 5.32 Å². The molecule has 7 heteroatoms. The zero-order valence-electron chi connectivity index (χ0n) is 14.3. The molecule has 1 aliphatic rings. The second-order valence-corrected chi connectivity index (χ2v) is 7.10. The molecular formula is C18H21N3O3S. The second kappa shape index (κ2) is 7.76. The van der Waals surface area contributed by atoms with E-state index in [-0.39, 0.29) is 0 Å². The van der Waals surface area contributed by atoms with Crippen LogP contribution in [0, 0.1) is 24.0 Å². The lowest BCUT2D eigenvalue weighted by Gasteiger charge is -2.37. The predicted octanol–water partition coefficient (Wildman–Crippen LogP) is 3.40. The number of anilines is 1. The summed E-state index contributed by atoms with van der Waals surface area (Å²) in [5.74, 6) is 0. The van der Waals surface area contributed by atoms with E-state index in [0.717, 1.165) is 17.1 Å². The number of aryl methyl sites for hydroxylation is 2. The van der Waals surface area contributed by atoms with E-state index in [1.807, 2.05) is 29.2 Å². The van der Waals surface area contributed by atoms with Crippen molar-refractivity contribution in [3.8, 4) is 0 Å². The molecule has 3 rings (SSSR count). The molecule has 1 atom stereocenters. The summed E-state index contributed by atoms with van der Waals surface area (Å²) in [5.41, 5.74) is 3.41. The molecule has 132 valence electrons. The van der Waals surface area contributed by atoms with Crippen molar-refractivity contribution in [3.63, 3.8) is 0 Å². The number of nitrogens with one attached hydrogen (secondary N) is 1. The van der Waals surface area contributed by atoms with Crippen molar-refractivity contribution in [1.29, 1.82) is 0 Å². The summed E-state index contributed by atoms with van der Waals surface area (Å²) in [4.78, 5) is 19.9. The summed E-state index contributed by atoms with van der Waals surface area (Å²) in [5, 5.41) is 13.2. The van der Waals surface area contributed by atoms with Gasteiger partial charge in [0.1, 0.15) is 0 Å². The van der Waals surface area contributed by atoms with Crippen LogP contribution in [0.2, 0.25) is 0 Å². The first-order valence-corrected chi connectivity index (χ1v) is 8.99. The number of benzene rings is 2. The average molecular weight is 359 g/mol.